The highest BCUT2D eigenvalue weighted by atomic mass is 32.1. The Morgan fingerprint density at radius 2 is 1.94 bits per heavy atom. The van der Waals surface area contributed by atoms with E-state index in [1.54, 1.807) is 11.3 Å². The molecule has 2 unspecified atom stereocenters. The van der Waals surface area contributed by atoms with Crippen molar-refractivity contribution >= 4 is 11.3 Å². The monoisotopic (exact) mass is 263 g/mol. The Balaban J connectivity index is 2.05. The highest BCUT2D eigenvalue weighted by molar-refractivity contribution is 7.10. The van der Waals surface area contributed by atoms with E-state index in [4.69, 9.17) is 0 Å². The van der Waals surface area contributed by atoms with Crippen LogP contribution in [0.15, 0.2) is 41.8 Å². The topological polar surface area (TPSA) is 12.0 Å². The number of hydrogen-bond donors (Lipinski definition) is 1. The smallest absolute Gasteiger partial charge is 0.123 e. The van der Waals surface area contributed by atoms with Gasteiger partial charge in [-0.3, -0.25) is 0 Å². The number of nitrogens with one attached hydrogen (secondary N) is 1. The number of halogens is 1. The quantitative estimate of drug-likeness (QED) is 0.825. The lowest BCUT2D eigenvalue weighted by Crippen LogP contribution is -2.23. The summed E-state index contributed by atoms with van der Waals surface area (Å²) in [5.41, 5.74) is 1.12. The summed E-state index contributed by atoms with van der Waals surface area (Å²) in [6, 6.07) is 11.5. The molecule has 18 heavy (non-hydrogen) atoms. The van der Waals surface area contributed by atoms with Gasteiger partial charge in [0.05, 0.1) is 0 Å². The maximum absolute atomic E-state index is 12.9. The van der Waals surface area contributed by atoms with Crippen molar-refractivity contribution < 1.29 is 4.39 Å². The van der Waals surface area contributed by atoms with Crippen molar-refractivity contribution in [2.24, 2.45) is 0 Å². The van der Waals surface area contributed by atoms with Crippen LogP contribution in [0.1, 0.15) is 42.8 Å². The average Bonchev–Trinajstić information content (AvgIpc) is 2.90. The lowest BCUT2D eigenvalue weighted by atomic mass is 10.1. The van der Waals surface area contributed by atoms with Crippen molar-refractivity contribution in [3.63, 3.8) is 0 Å². The van der Waals surface area contributed by atoms with Crippen molar-refractivity contribution in [3.8, 4) is 0 Å². The molecule has 3 heteroatoms. The lowest BCUT2D eigenvalue weighted by molar-refractivity contribution is 0.461. The maximum atomic E-state index is 12.9. The van der Waals surface area contributed by atoms with Gasteiger partial charge in [-0.15, -0.1) is 11.3 Å². The fourth-order valence-electron chi connectivity index (χ4n) is 2.04. The van der Waals surface area contributed by atoms with Gasteiger partial charge in [-0.05, 0) is 42.5 Å². The van der Waals surface area contributed by atoms with Crippen LogP contribution in [0.2, 0.25) is 0 Å². The van der Waals surface area contributed by atoms with Crippen LogP contribution >= 0.6 is 11.3 Å². The summed E-state index contributed by atoms with van der Waals surface area (Å²) in [5.74, 6) is -0.184. The van der Waals surface area contributed by atoms with Gasteiger partial charge in [0.2, 0.25) is 0 Å². The van der Waals surface area contributed by atoms with E-state index in [0.717, 1.165) is 12.0 Å². The van der Waals surface area contributed by atoms with E-state index in [1.807, 2.05) is 12.1 Å². The Hall–Kier alpha value is -1.19. The van der Waals surface area contributed by atoms with Crippen molar-refractivity contribution in [2.75, 3.05) is 0 Å². The normalized spacial score (nSPS) is 14.4. The molecule has 0 aliphatic heterocycles. The molecule has 1 aromatic carbocycles. The summed E-state index contributed by atoms with van der Waals surface area (Å²) in [4.78, 5) is 1.35. The molecule has 1 nitrogen and oxygen atoms in total. The first-order chi connectivity index (χ1) is 8.70. The molecule has 1 aromatic heterocycles. The van der Waals surface area contributed by atoms with Crippen LogP contribution in [0, 0.1) is 5.82 Å². The van der Waals surface area contributed by atoms with Crippen LogP contribution in [-0.4, -0.2) is 0 Å². The predicted molar refractivity (Wildman–Crippen MR) is 75.3 cm³/mol. The summed E-state index contributed by atoms with van der Waals surface area (Å²) in [7, 11) is 0. The first-order valence-electron chi connectivity index (χ1n) is 6.25. The van der Waals surface area contributed by atoms with Gasteiger partial charge >= 0.3 is 0 Å². The van der Waals surface area contributed by atoms with Gasteiger partial charge in [0, 0.05) is 17.0 Å². The molecule has 2 atom stereocenters. The van der Waals surface area contributed by atoms with Crippen molar-refractivity contribution in [1.29, 1.82) is 0 Å². The molecule has 0 saturated carbocycles. The second kappa shape index (κ2) is 6.12. The van der Waals surface area contributed by atoms with Crippen LogP contribution in [0.4, 0.5) is 4.39 Å². The third kappa shape index (κ3) is 3.18. The molecule has 0 spiro atoms. The van der Waals surface area contributed by atoms with E-state index in [-0.39, 0.29) is 11.9 Å². The average molecular weight is 263 g/mol. The third-order valence-electron chi connectivity index (χ3n) is 3.12. The molecule has 0 aliphatic rings. The van der Waals surface area contributed by atoms with Crippen LogP contribution in [0.5, 0.6) is 0 Å². The molecule has 0 saturated heterocycles. The Labute approximate surface area is 112 Å². The molecule has 1 heterocycles. The zero-order chi connectivity index (χ0) is 13.0. The minimum atomic E-state index is -0.184. The Kier molecular flexibility index (Phi) is 4.50. The number of thiophene rings is 1. The van der Waals surface area contributed by atoms with Crippen LogP contribution in [0.25, 0.3) is 0 Å². The fraction of sp³-hybridized carbons (Fsp3) is 0.333. The van der Waals surface area contributed by atoms with Gasteiger partial charge in [-0.25, -0.2) is 4.39 Å². The SMILES string of the molecule is CCC(NC(C)c1ccc(F)cc1)c1cccs1. The molecule has 2 aromatic rings. The number of hydrogen-bond acceptors (Lipinski definition) is 2. The molecule has 0 aliphatic carbocycles. The Morgan fingerprint density at radius 1 is 1.22 bits per heavy atom. The van der Waals surface area contributed by atoms with Crippen LogP contribution in [0.3, 0.4) is 0 Å². The summed E-state index contributed by atoms with van der Waals surface area (Å²) < 4.78 is 12.9. The lowest BCUT2D eigenvalue weighted by Gasteiger charge is -2.21. The van der Waals surface area contributed by atoms with Crippen LogP contribution in [-0.2, 0) is 0 Å². The second-order valence-electron chi connectivity index (χ2n) is 4.42. The van der Waals surface area contributed by atoms with Gasteiger partial charge in [0.15, 0.2) is 0 Å². The molecule has 0 fully saturated rings. The van der Waals surface area contributed by atoms with E-state index in [0.29, 0.717) is 6.04 Å². The molecule has 1 N–H and O–H groups in total. The zero-order valence-corrected chi connectivity index (χ0v) is 11.5. The largest absolute Gasteiger partial charge is 0.303 e. The standard InChI is InChI=1S/C15H18FNS/c1-3-14(15-5-4-10-18-15)17-11(2)12-6-8-13(16)9-7-12/h4-11,14,17H,3H2,1-2H3. The first-order valence-corrected chi connectivity index (χ1v) is 7.13. The summed E-state index contributed by atoms with van der Waals surface area (Å²) in [6.07, 6.45) is 1.05. The molecule has 96 valence electrons. The van der Waals surface area contributed by atoms with E-state index in [1.165, 1.54) is 17.0 Å². The molecule has 0 radical (unpaired) electrons. The highest BCUT2D eigenvalue weighted by Crippen LogP contribution is 2.25. The first kappa shape index (κ1) is 13.2. The summed E-state index contributed by atoms with van der Waals surface area (Å²) in [6.45, 7) is 4.29. The minimum Gasteiger partial charge on any atom is -0.303 e. The Morgan fingerprint density at radius 3 is 2.50 bits per heavy atom. The number of rotatable bonds is 5. The summed E-state index contributed by atoms with van der Waals surface area (Å²) >= 11 is 1.77. The molecular formula is C15H18FNS. The molecule has 2 rings (SSSR count). The van der Waals surface area contributed by atoms with Gasteiger partial charge in [-0.2, -0.15) is 0 Å². The summed E-state index contributed by atoms with van der Waals surface area (Å²) in [5, 5.41) is 5.69. The van der Waals surface area contributed by atoms with Gasteiger partial charge in [0.1, 0.15) is 5.82 Å². The Bertz CT molecular complexity index is 464. The molecule has 0 bridgehead atoms. The van der Waals surface area contributed by atoms with Gasteiger partial charge in [0.25, 0.3) is 0 Å². The van der Waals surface area contributed by atoms with Gasteiger partial charge in [-0.1, -0.05) is 25.1 Å². The van der Waals surface area contributed by atoms with Crippen molar-refractivity contribution in [1.82, 2.24) is 5.32 Å². The van der Waals surface area contributed by atoms with E-state index >= 15 is 0 Å². The van der Waals surface area contributed by atoms with Crippen molar-refractivity contribution in [3.05, 3.63) is 58.0 Å². The van der Waals surface area contributed by atoms with Crippen molar-refractivity contribution in [2.45, 2.75) is 32.4 Å². The van der Waals surface area contributed by atoms with E-state index in [9.17, 15) is 4.39 Å². The van der Waals surface area contributed by atoms with Gasteiger partial charge < -0.3 is 5.32 Å². The third-order valence-corrected chi connectivity index (χ3v) is 4.10. The van der Waals surface area contributed by atoms with Crippen LogP contribution < -0.4 is 5.32 Å². The van der Waals surface area contributed by atoms with E-state index < -0.39 is 0 Å². The van der Waals surface area contributed by atoms with E-state index in [2.05, 4.69) is 36.7 Å². The zero-order valence-electron chi connectivity index (χ0n) is 10.7. The minimum absolute atomic E-state index is 0.184. The highest BCUT2D eigenvalue weighted by Gasteiger charge is 2.14. The molecule has 0 amide bonds. The predicted octanol–water partition coefficient (Wildman–Crippen LogP) is 4.69. The molecular weight excluding hydrogens is 245 g/mol. The number of benzene rings is 1. The second-order valence-corrected chi connectivity index (χ2v) is 5.40. The fourth-order valence-corrected chi connectivity index (χ4v) is 2.91. The maximum Gasteiger partial charge on any atom is 0.123 e.